The van der Waals surface area contributed by atoms with Crippen molar-refractivity contribution in [2.24, 2.45) is 0 Å². The molecule has 4 aromatic carbocycles. The number of aliphatic carboxylic acids is 1. The first-order valence-electron chi connectivity index (χ1n) is 16.1. The summed E-state index contributed by atoms with van der Waals surface area (Å²) in [5, 5.41) is 15.2. The van der Waals surface area contributed by atoms with E-state index in [1.165, 1.54) is 0 Å². The van der Waals surface area contributed by atoms with Crippen LogP contribution >= 0.6 is 0 Å². The van der Waals surface area contributed by atoms with Crippen LogP contribution in [0.5, 0.6) is 0 Å². The van der Waals surface area contributed by atoms with E-state index in [9.17, 15) is 24.3 Å². The summed E-state index contributed by atoms with van der Waals surface area (Å²) < 4.78 is 6.08. The van der Waals surface area contributed by atoms with Gasteiger partial charge in [-0.3, -0.25) is 14.4 Å². The van der Waals surface area contributed by atoms with Crippen molar-refractivity contribution in [2.75, 3.05) is 13.1 Å². The molecule has 1 unspecified atom stereocenters. The van der Waals surface area contributed by atoms with E-state index in [4.69, 9.17) is 4.42 Å². The Bertz CT molecular complexity index is 1830. The van der Waals surface area contributed by atoms with Gasteiger partial charge in [-0.2, -0.15) is 0 Å². The molecule has 0 fully saturated rings. The van der Waals surface area contributed by atoms with Gasteiger partial charge in [0.1, 0.15) is 6.04 Å². The number of aryl methyl sites for hydroxylation is 1. The van der Waals surface area contributed by atoms with Gasteiger partial charge in [0.25, 0.3) is 5.91 Å². The summed E-state index contributed by atoms with van der Waals surface area (Å²) in [5.74, 6) is -1.72. The minimum atomic E-state index is -1.21. The number of nitrogens with zero attached hydrogens (tertiary/aromatic N) is 2. The van der Waals surface area contributed by atoms with E-state index < -0.39 is 23.8 Å². The molecule has 10 nitrogen and oxygen atoms in total. The Labute approximate surface area is 284 Å². The number of rotatable bonds is 16. The molecule has 5 rings (SSSR count). The summed E-state index contributed by atoms with van der Waals surface area (Å²) in [4.78, 5) is 57.6. The Hall–Kier alpha value is -6.03. The maximum absolute atomic E-state index is 13.5. The van der Waals surface area contributed by atoms with Crippen LogP contribution in [0.2, 0.25) is 0 Å². The van der Waals surface area contributed by atoms with E-state index >= 15 is 0 Å². The molecular weight excluding hydrogens is 620 g/mol. The van der Waals surface area contributed by atoms with E-state index in [1.54, 1.807) is 4.90 Å². The van der Waals surface area contributed by atoms with Gasteiger partial charge < -0.3 is 25.1 Å². The fraction of sp³-hybridized carbons (Fsp3) is 0.205. The summed E-state index contributed by atoms with van der Waals surface area (Å²) in [6.07, 6.45) is 0.415. The van der Waals surface area contributed by atoms with Crippen LogP contribution in [0.25, 0.3) is 22.8 Å². The van der Waals surface area contributed by atoms with Crippen molar-refractivity contribution >= 4 is 23.7 Å². The number of carboxylic acid groups (broad SMARTS) is 1. The first-order valence-corrected chi connectivity index (χ1v) is 16.1. The molecular formula is C39H38N4O6. The SMILES string of the molecule is O=C(CCc1ccccc1)NC(CCC(=O)N(CCNC(=O)c1nc(-c2ccccc2)oc1-c1ccccc1)Cc1ccccc1)C(=O)O. The van der Waals surface area contributed by atoms with Crippen molar-refractivity contribution in [1.29, 1.82) is 0 Å². The van der Waals surface area contributed by atoms with Crippen molar-refractivity contribution < 1.29 is 28.7 Å². The first kappa shape index (κ1) is 34.3. The minimum Gasteiger partial charge on any atom is -0.480 e. The average Bonchev–Trinajstić information content (AvgIpc) is 3.59. The molecule has 1 heterocycles. The van der Waals surface area contributed by atoms with E-state index in [2.05, 4.69) is 15.6 Å². The lowest BCUT2D eigenvalue weighted by Crippen LogP contribution is -2.43. The molecule has 0 aliphatic carbocycles. The number of hydrogen-bond donors (Lipinski definition) is 3. The smallest absolute Gasteiger partial charge is 0.326 e. The number of carboxylic acids is 1. The summed E-state index contributed by atoms with van der Waals surface area (Å²) >= 11 is 0. The van der Waals surface area contributed by atoms with E-state index in [0.717, 1.165) is 16.7 Å². The molecule has 0 aliphatic heterocycles. The van der Waals surface area contributed by atoms with Gasteiger partial charge in [-0.1, -0.05) is 109 Å². The highest BCUT2D eigenvalue weighted by atomic mass is 16.4. The highest BCUT2D eigenvalue weighted by Gasteiger charge is 2.25. The van der Waals surface area contributed by atoms with Gasteiger partial charge in [0.15, 0.2) is 11.5 Å². The average molecular weight is 659 g/mol. The maximum Gasteiger partial charge on any atom is 0.326 e. The van der Waals surface area contributed by atoms with Crippen molar-refractivity contribution in [1.82, 2.24) is 20.5 Å². The number of aromatic nitrogens is 1. The second-order valence-electron chi connectivity index (χ2n) is 11.5. The first-order chi connectivity index (χ1) is 23.9. The number of amides is 3. The fourth-order valence-corrected chi connectivity index (χ4v) is 5.30. The van der Waals surface area contributed by atoms with Crippen LogP contribution in [0.4, 0.5) is 0 Å². The zero-order valence-corrected chi connectivity index (χ0v) is 27.0. The molecule has 49 heavy (non-hydrogen) atoms. The van der Waals surface area contributed by atoms with E-state index in [1.807, 2.05) is 121 Å². The van der Waals surface area contributed by atoms with Gasteiger partial charge in [-0.25, -0.2) is 9.78 Å². The lowest BCUT2D eigenvalue weighted by atomic mass is 10.1. The maximum atomic E-state index is 13.5. The normalized spacial score (nSPS) is 11.3. The van der Waals surface area contributed by atoms with Gasteiger partial charge in [0, 0.05) is 43.6 Å². The molecule has 5 aromatic rings. The zero-order chi connectivity index (χ0) is 34.4. The molecule has 0 aliphatic rings. The molecule has 3 N–H and O–H groups in total. The predicted molar refractivity (Wildman–Crippen MR) is 185 cm³/mol. The largest absolute Gasteiger partial charge is 0.480 e. The van der Waals surface area contributed by atoms with Crippen LogP contribution < -0.4 is 10.6 Å². The molecule has 0 saturated heterocycles. The number of hydrogen-bond acceptors (Lipinski definition) is 6. The number of carbonyl (C=O) groups excluding carboxylic acids is 3. The summed E-state index contributed by atoms with van der Waals surface area (Å²) in [6.45, 7) is 0.524. The molecule has 250 valence electrons. The summed E-state index contributed by atoms with van der Waals surface area (Å²) in [5.41, 5.74) is 3.40. The van der Waals surface area contributed by atoms with E-state index in [0.29, 0.717) is 23.6 Å². The Morgan fingerprint density at radius 2 is 1.31 bits per heavy atom. The molecule has 0 radical (unpaired) electrons. The number of benzene rings is 4. The summed E-state index contributed by atoms with van der Waals surface area (Å²) in [6, 6.07) is 36.1. The highest BCUT2D eigenvalue weighted by molar-refractivity contribution is 5.98. The molecule has 0 spiro atoms. The predicted octanol–water partition coefficient (Wildman–Crippen LogP) is 5.75. The topological polar surface area (TPSA) is 142 Å². The van der Waals surface area contributed by atoms with Crippen molar-refractivity contribution in [3.8, 4) is 22.8 Å². The lowest BCUT2D eigenvalue weighted by Gasteiger charge is -2.24. The van der Waals surface area contributed by atoms with Crippen LogP contribution in [0, 0.1) is 0 Å². The van der Waals surface area contributed by atoms with Gasteiger partial charge in [0.2, 0.25) is 17.7 Å². The van der Waals surface area contributed by atoms with Gasteiger partial charge in [-0.15, -0.1) is 0 Å². The Morgan fingerprint density at radius 1 is 0.735 bits per heavy atom. The molecule has 1 atom stereocenters. The second-order valence-corrected chi connectivity index (χ2v) is 11.5. The fourth-order valence-electron chi connectivity index (χ4n) is 5.30. The monoisotopic (exact) mass is 658 g/mol. The Kier molecular flexibility index (Phi) is 12.1. The van der Waals surface area contributed by atoms with Gasteiger partial charge >= 0.3 is 5.97 Å². The standard InChI is InChI=1S/C39H38N4O6/c44-33(23-21-28-13-5-1-6-14-28)41-32(39(47)48)22-24-34(45)43(27-29-15-7-2-8-16-29)26-25-40-37(46)35-36(30-17-9-3-10-18-30)49-38(42-35)31-19-11-4-12-20-31/h1-20,32H,21-27H2,(H,40,46)(H,41,44)(H,47,48). The molecule has 1 aromatic heterocycles. The van der Waals surface area contributed by atoms with Gasteiger partial charge in [0.05, 0.1) is 0 Å². The molecule has 0 bridgehead atoms. The third-order valence-electron chi connectivity index (χ3n) is 7.90. The zero-order valence-electron chi connectivity index (χ0n) is 27.0. The Balaban J connectivity index is 1.23. The third kappa shape index (κ3) is 9.98. The lowest BCUT2D eigenvalue weighted by molar-refractivity contribution is -0.142. The number of nitrogens with one attached hydrogen (secondary N) is 2. The minimum absolute atomic E-state index is 0.0788. The van der Waals surface area contributed by atoms with Crippen LogP contribution in [0.1, 0.15) is 40.9 Å². The highest BCUT2D eigenvalue weighted by Crippen LogP contribution is 2.29. The van der Waals surface area contributed by atoms with E-state index in [-0.39, 0.29) is 50.5 Å². The second kappa shape index (κ2) is 17.2. The molecule has 10 heteroatoms. The molecule has 0 saturated carbocycles. The van der Waals surface area contributed by atoms with Gasteiger partial charge in [-0.05, 0) is 36.1 Å². The van der Waals surface area contributed by atoms with Crippen molar-refractivity contribution in [3.05, 3.63) is 138 Å². The van der Waals surface area contributed by atoms with Crippen molar-refractivity contribution in [3.63, 3.8) is 0 Å². The molecule has 3 amide bonds. The van der Waals surface area contributed by atoms with Crippen molar-refractivity contribution in [2.45, 2.75) is 38.3 Å². The quantitative estimate of drug-likeness (QED) is 0.123. The number of oxazole rings is 1. The van der Waals surface area contributed by atoms with Crippen LogP contribution in [0.15, 0.2) is 126 Å². The Morgan fingerprint density at radius 3 is 1.92 bits per heavy atom. The summed E-state index contributed by atoms with van der Waals surface area (Å²) in [7, 11) is 0. The number of carbonyl (C=O) groups is 4. The van der Waals surface area contributed by atoms with Crippen LogP contribution in [0.3, 0.4) is 0 Å². The van der Waals surface area contributed by atoms with Crippen LogP contribution in [-0.2, 0) is 27.3 Å². The third-order valence-corrected chi connectivity index (χ3v) is 7.90. The van der Waals surface area contributed by atoms with Crippen LogP contribution in [-0.4, -0.2) is 57.8 Å².